The molecule has 1 amide bonds. The van der Waals surface area contributed by atoms with Gasteiger partial charge < -0.3 is 14.6 Å². The number of halogens is 3. The number of fused-ring (bicyclic) bond motifs is 1. The fourth-order valence-corrected chi connectivity index (χ4v) is 4.64. The van der Waals surface area contributed by atoms with Gasteiger partial charge in [-0.3, -0.25) is 4.79 Å². The lowest BCUT2D eigenvalue weighted by molar-refractivity contribution is 0.0539. The molecule has 0 saturated carbocycles. The zero-order valence-corrected chi connectivity index (χ0v) is 19.6. The molecule has 1 aliphatic rings. The first-order chi connectivity index (χ1) is 16.9. The van der Waals surface area contributed by atoms with Crippen LogP contribution in [0.1, 0.15) is 30.1 Å². The zero-order valence-electron chi connectivity index (χ0n) is 18.8. The summed E-state index contributed by atoms with van der Waals surface area (Å²) >= 11 is 6.02. The Morgan fingerprint density at radius 3 is 2.77 bits per heavy atom. The van der Waals surface area contributed by atoms with E-state index in [-0.39, 0.29) is 28.9 Å². The van der Waals surface area contributed by atoms with Gasteiger partial charge in [-0.05, 0) is 49.1 Å². The minimum Gasteiger partial charge on any atom is -0.424 e. The summed E-state index contributed by atoms with van der Waals surface area (Å²) in [5, 5.41) is 3.73. The zero-order chi connectivity index (χ0) is 24.5. The average molecular weight is 498 g/mol. The van der Waals surface area contributed by atoms with E-state index in [0.717, 1.165) is 25.0 Å². The highest BCUT2D eigenvalue weighted by Crippen LogP contribution is 2.30. The molecule has 3 heterocycles. The summed E-state index contributed by atoms with van der Waals surface area (Å²) in [6.45, 7) is 2.91. The molecule has 10 heteroatoms. The third-order valence-electron chi connectivity index (χ3n) is 6.29. The maximum Gasteiger partial charge on any atom is 0.295 e. The van der Waals surface area contributed by atoms with Crippen molar-refractivity contribution in [2.24, 2.45) is 5.92 Å². The number of oxazole rings is 1. The number of nitrogens with zero attached hydrogens (tertiary/aromatic N) is 4. The predicted octanol–water partition coefficient (Wildman–Crippen LogP) is 5.57. The minimum atomic E-state index is -1.10. The Bertz CT molecular complexity index is 1380. The number of aromatic nitrogens is 3. The van der Waals surface area contributed by atoms with Gasteiger partial charge in [-0.2, -0.15) is 4.98 Å². The van der Waals surface area contributed by atoms with Crippen molar-refractivity contribution in [1.82, 2.24) is 19.9 Å². The number of piperidine rings is 1. The smallest absolute Gasteiger partial charge is 0.295 e. The van der Waals surface area contributed by atoms with Gasteiger partial charge in [0.15, 0.2) is 23.0 Å². The second-order valence-corrected chi connectivity index (χ2v) is 9.02. The molecule has 0 aliphatic carbocycles. The van der Waals surface area contributed by atoms with Crippen LogP contribution >= 0.6 is 11.6 Å². The fraction of sp³-hybridized carbons (Fsp3) is 0.280. The molecule has 180 valence electrons. The van der Waals surface area contributed by atoms with Crippen LogP contribution in [-0.4, -0.2) is 44.9 Å². The number of nitrogens with one attached hydrogen (secondary N) is 1. The van der Waals surface area contributed by atoms with E-state index in [0.29, 0.717) is 35.2 Å². The van der Waals surface area contributed by atoms with Crippen molar-refractivity contribution in [2.75, 3.05) is 18.4 Å². The van der Waals surface area contributed by atoms with E-state index in [1.54, 1.807) is 29.2 Å². The molecule has 0 radical (unpaired) electrons. The van der Waals surface area contributed by atoms with Crippen LogP contribution in [-0.2, 0) is 0 Å². The molecule has 7 nitrogen and oxygen atoms in total. The van der Waals surface area contributed by atoms with E-state index in [1.807, 2.05) is 0 Å². The molecule has 2 aromatic carbocycles. The van der Waals surface area contributed by atoms with Crippen LogP contribution in [0.2, 0.25) is 5.02 Å². The Morgan fingerprint density at radius 2 is 1.97 bits per heavy atom. The summed E-state index contributed by atoms with van der Waals surface area (Å²) in [6, 6.07) is 8.78. The predicted molar refractivity (Wildman–Crippen MR) is 128 cm³/mol. The van der Waals surface area contributed by atoms with Crippen LogP contribution in [0.5, 0.6) is 0 Å². The van der Waals surface area contributed by atoms with Crippen molar-refractivity contribution < 1.29 is 18.0 Å². The Balaban J connectivity index is 1.43. The molecule has 1 N–H and O–H groups in total. The molecule has 0 spiro atoms. The molecule has 1 saturated heterocycles. The van der Waals surface area contributed by atoms with Gasteiger partial charge in [0.1, 0.15) is 5.52 Å². The third kappa shape index (κ3) is 4.68. The lowest BCUT2D eigenvalue weighted by atomic mass is 9.89. The summed E-state index contributed by atoms with van der Waals surface area (Å²) in [5.41, 5.74) is 1.38. The molecular weight excluding hydrogens is 476 g/mol. The monoisotopic (exact) mass is 497 g/mol. The number of anilines is 1. The van der Waals surface area contributed by atoms with Crippen molar-refractivity contribution in [3.63, 3.8) is 0 Å². The number of hydrogen-bond donors (Lipinski definition) is 1. The van der Waals surface area contributed by atoms with Crippen molar-refractivity contribution in [3.05, 3.63) is 71.0 Å². The van der Waals surface area contributed by atoms with E-state index >= 15 is 0 Å². The summed E-state index contributed by atoms with van der Waals surface area (Å²) < 4.78 is 34.1. The standard InChI is InChI=1S/C25H22ClF2N5O2/c1-14-4-2-9-33(21(14)13-31-25-32-20-6-5-15(26)10-22(20)35-25)24(34)17-12-19(28)18(27)11-16(17)23-29-7-3-8-30-23/h3,5-8,10-12,14,21H,2,4,9,13H2,1H3,(H,31,32). The molecular formula is C25H22ClF2N5O2. The number of carbonyl (C=O) groups is 1. The van der Waals surface area contributed by atoms with Gasteiger partial charge in [0.25, 0.3) is 11.9 Å². The molecule has 35 heavy (non-hydrogen) atoms. The highest BCUT2D eigenvalue weighted by atomic mass is 35.5. The molecule has 0 bridgehead atoms. The topological polar surface area (TPSA) is 84.2 Å². The minimum absolute atomic E-state index is 0.0192. The Hall–Kier alpha value is -3.59. The van der Waals surface area contributed by atoms with Crippen molar-refractivity contribution in [1.29, 1.82) is 0 Å². The number of benzene rings is 2. The lowest BCUT2D eigenvalue weighted by Crippen LogP contribution is -2.51. The summed E-state index contributed by atoms with van der Waals surface area (Å²) in [6.07, 6.45) is 4.69. The van der Waals surface area contributed by atoms with Crippen LogP contribution in [0.3, 0.4) is 0 Å². The van der Waals surface area contributed by atoms with Crippen LogP contribution in [0.15, 0.2) is 53.2 Å². The van der Waals surface area contributed by atoms with Crippen LogP contribution in [0.4, 0.5) is 14.8 Å². The molecule has 2 atom stereocenters. The van der Waals surface area contributed by atoms with Crippen LogP contribution < -0.4 is 5.32 Å². The Morgan fingerprint density at radius 1 is 1.20 bits per heavy atom. The van der Waals surface area contributed by atoms with Crippen molar-refractivity contribution in [2.45, 2.75) is 25.8 Å². The van der Waals surface area contributed by atoms with Crippen LogP contribution in [0, 0.1) is 17.6 Å². The van der Waals surface area contributed by atoms with Gasteiger partial charge in [0.2, 0.25) is 0 Å². The number of rotatable bonds is 5. The molecule has 5 rings (SSSR count). The van der Waals surface area contributed by atoms with E-state index in [2.05, 4.69) is 27.2 Å². The first-order valence-electron chi connectivity index (χ1n) is 11.3. The summed E-state index contributed by atoms with van der Waals surface area (Å²) in [5.74, 6) is -2.27. The average Bonchev–Trinajstić information content (AvgIpc) is 3.26. The largest absolute Gasteiger partial charge is 0.424 e. The SMILES string of the molecule is CC1CCCN(C(=O)c2cc(F)c(F)cc2-c2ncccn2)C1CNc1nc2ccc(Cl)cc2o1. The Labute approximate surface area is 205 Å². The highest BCUT2D eigenvalue weighted by molar-refractivity contribution is 6.31. The maximum absolute atomic E-state index is 14.2. The highest BCUT2D eigenvalue weighted by Gasteiger charge is 2.34. The quantitative estimate of drug-likeness (QED) is 0.388. The third-order valence-corrected chi connectivity index (χ3v) is 6.52. The molecule has 4 aromatic rings. The number of likely N-dealkylation sites (tertiary alicyclic amines) is 1. The van der Waals surface area contributed by atoms with Crippen molar-refractivity contribution in [3.8, 4) is 11.4 Å². The van der Waals surface area contributed by atoms with E-state index in [9.17, 15) is 13.6 Å². The summed E-state index contributed by atoms with van der Waals surface area (Å²) in [4.78, 5) is 28.1. The molecule has 2 unspecified atom stereocenters. The number of amides is 1. The molecule has 1 aliphatic heterocycles. The van der Waals surface area contributed by atoms with Gasteiger partial charge in [-0.15, -0.1) is 0 Å². The first kappa shape index (κ1) is 23.2. The van der Waals surface area contributed by atoms with E-state index in [1.165, 1.54) is 12.4 Å². The van der Waals surface area contributed by atoms with Gasteiger partial charge in [0.05, 0.1) is 11.6 Å². The summed E-state index contributed by atoms with van der Waals surface area (Å²) in [7, 11) is 0. The lowest BCUT2D eigenvalue weighted by Gasteiger charge is -2.40. The van der Waals surface area contributed by atoms with E-state index in [4.69, 9.17) is 16.0 Å². The van der Waals surface area contributed by atoms with E-state index < -0.39 is 17.5 Å². The Kier molecular flexibility index (Phi) is 6.34. The van der Waals surface area contributed by atoms with Gasteiger partial charge >= 0.3 is 0 Å². The van der Waals surface area contributed by atoms with Gasteiger partial charge in [-0.1, -0.05) is 18.5 Å². The second kappa shape index (κ2) is 9.58. The number of hydrogen-bond acceptors (Lipinski definition) is 6. The van der Waals surface area contributed by atoms with Gasteiger partial charge in [0, 0.05) is 42.1 Å². The maximum atomic E-state index is 14.2. The molecule has 2 aromatic heterocycles. The normalized spacial score (nSPS) is 18.1. The van der Waals surface area contributed by atoms with Crippen LogP contribution in [0.25, 0.3) is 22.5 Å². The van der Waals surface area contributed by atoms with Crippen molar-refractivity contribution >= 4 is 34.6 Å². The van der Waals surface area contributed by atoms with Gasteiger partial charge in [-0.25, -0.2) is 18.7 Å². The first-order valence-corrected chi connectivity index (χ1v) is 11.7. The number of carbonyl (C=O) groups excluding carboxylic acids is 1. The second-order valence-electron chi connectivity index (χ2n) is 8.58. The molecule has 1 fully saturated rings. The fourth-order valence-electron chi connectivity index (χ4n) is 4.48.